The summed E-state index contributed by atoms with van der Waals surface area (Å²) in [5.41, 5.74) is 8.80. The van der Waals surface area contributed by atoms with Crippen LogP contribution in [0.5, 0.6) is 0 Å². The lowest BCUT2D eigenvalue weighted by Gasteiger charge is -2.12. The maximum absolute atomic E-state index is 6.02. The number of aryl methyl sites for hydroxylation is 1. The minimum Gasteiger partial charge on any atom is -0.327 e. The molecule has 2 N–H and O–H groups in total. The largest absolute Gasteiger partial charge is 0.327 e. The lowest BCUT2D eigenvalue weighted by molar-refractivity contribution is 0.632. The Hall–Kier alpha value is -0.470. The van der Waals surface area contributed by atoms with Gasteiger partial charge in [0.05, 0.1) is 0 Å². The third-order valence-corrected chi connectivity index (χ3v) is 4.31. The third kappa shape index (κ3) is 5.45. The molecule has 0 spiro atoms. The van der Waals surface area contributed by atoms with Gasteiger partial charge in [-0.05, 0) is 61.1 Å². The molecule has 0 aliphatic heterocycles. The average molecular weight is 265 g/mol. The SMILES string of the molecule is CCC(N)Cc1ccc(SCCC(C)C)cc1C. The van der Waals surface area contributed by atoms with Crippen molar-refractivity contribution in [3.63, 3.8) is 0 Å². The molecule has 0 amide bonds. The standard InChI is InChI=1S/C16H27NS/c1-5-15(17)11-14-6-7-16(10-13(14)4)18-9-8-12(2)3/h6-7,10,12,15H,5,8-9,11,17H2,1-4H3. The van der Waals surface area contributed by atoms with Crippen molar-refractivity contribution >= 4 is 11.8 Å². The predicted octanol–water partition coefficient (Wildman–Crippen LogP) is 4.41. The van der Waals surface area contributed by atoms with Gasteiger partial charge >= 0.3 is 0 Å². The summed E-state index contributed by atoms with van der Waals surface area (Å²) in [5.74, 6) is 2.01. The molecule has 2 heteroatoms. The van der Waals surface area contributed by atoms with E-state index in [1.165, 1.54) is 28.2 Å². The van der Waals surface area contributed by atoms with Crippen molar-refractivity contribution in [2.45, 2.75) is 57.9 Å². The molecule has 0 radical (unpaired) electrons. The highest BCUT2D eigenvalue weighted by Crippen LogP contribution is 2.23. The highest BCUT2D eigenvalue weighted by atomic mass is 32.2. The van der Waals surface area contributed by atoms with Gasteiger partial charge in [-0.3, -0.25) is 0 Å². The van der Waals surface area contributed by atoms with Gasteiger partial charge in [0.25, 0.3) is 0 Å². The maximum atomic E-state index is 6.02. The van der Waals surface area contributed by atoms with Crippen LogP contribution in [0, 0.1) is 12.8 Å². The Balaban J connectivity index is 2.56. The fraction of sp³-hybridized carbons (Fsp3) is 0.625. The zero-order valence-corrected chi connectivity index (χ0v) is 13.0. The molecule has 1 atom stereocenters. The van der Waals surface area contributed by atoms with Gasteiger partial charge in [-0.15, -0.1) is 11.8 Å². The van der Waals surface area contributed by atoms with Gasteiger partial charge < -0.3 is 5.73 Å². The number of benzene rings is 1. The summed E-state index contributed by atoms with van der Waals surface area (Å²) in [6.45, 7) is 8.91. The van der Waals surface area contributed by atoms with Crippen LogP contribution in [0.25, 0.3) is 0 Å². The van der Waals surface area contributed by atoms with Crippen LogP contribution < -0.4 is 5.73 Å². The smallest absolute Gasteiger partial charge is 0.00767 e. The summed E-state index contributed by atoms with van der Waals surface area (Å²) in [4.78, 5) is 1.39. The van der Waals surface area contributed by atoms with E-state index < -0.39 is 0 Å². The van der Waals surface area contributed by atoms with Crippen molar-refractivity contribution in [2.24, 2.45) is 11.7 Å². The number of rotatable bonds is 7. The van der Waals surface area contributed by atoms with Gasteiger partial charge in [0.2, 0.25) is 0 Å². The van der Waals surface area contributed by atoms with Crippen LogP contribution in [-0.2, 0) is 6.42 Å². The van der Waals surface area contributed by atoms with E-state index in [4.69, 9.17) is 5.73 Å². The summed E-state index contributed by atoms with van der Waals surface area (Å²) in [7, 11) is 0. The lowest BCUT2D eigenvalue weighted by Crippen LogP contribution is -2.21. The van der Waals surface area contributed by atoms with Crippen LogP contribution >= 0.6 is 11.8 Å². The van der Waals surface area contributed by atoms with E-state index in [9.17, 15) is 0 Å². The normalized spacial score (nSPS) is 13.0. The van der Waals surface area contributed by atoms with Gasteiger partial charge in [0, 0.05) is 10.9 Å². The summed E-state index contributed by atoms with van der Waals surface area (Å²) in [6, 6.07) is 7.10. The molecule has 0 aromatic heterocycles. The Bertz CT molecular complexity index is 360. The molecule has 0 aliphatic carbocycles. The zero-order chi connectivity index (χ0) is 13.5. The van der Waals surface area contributed by atoms with Gasteiger partial charge in [0.1, 0.15) is 0 Å². The van der Waals surface area contributed by atoms with Crippen LogP contribution in [0.4, 0.5) is 0 Å². The fourth-order valence-corrected chi connectivity index (χ4v) is 3.08. The first-order valence-corrected chi connectivity index (χ1v) is 7.99. The topological polar surface area (TPSA) is 26.0 Å². The molecule has 102 valence electrons. The molecule has 0 saturated heterocycles. The van der Waals surface area contributed by atoms with Gasteiger partial charge in [-0.2, -0.15) is 0 Å². The quantitative estimate of drug-likeness (QED) is 0.739. The molecule has 0 heterocycles. The van der Waals surface area contributed by atoms with Gasteiger partial charge in [-0.1, -0.05) is 26.8 Å². The molecule has 1 aromatic rings. The van der Waals surface area contributed by atoms with E-state index in [1.807, 2.05) is 11.8 Å². The van der Waals surface area contributed by atoms with E-state index in [0.717, 1.165) is 18.8 Å². The van der Waals surface area contributed by atoms with Crippen molar-refractivity contribution in [1.82, 2.24) is 0 Å². The molecule has 1 aromatic carbocycles. The van der Waals surface area contributed by atoms with E-state index in [2.05, 4.69) is 45.9 Å². The number of nitrogens with two attached hydrogens (primary N) is 1. The first-order valence-electron chi connectivity index (χ1n) is 7.00. The van der Waals surface area contributed by atoms with Crippen LogP contribution in [0.15, 0.2) is 23.1 Å². The Morgan fingerprint density at radius 1 is 1.28 bits per heavy atom. The van der Waals surface area contributed by atoms with Crippen molar-refractivity contribution in [1.29, 1.82) is 0 Å². The van der Waals surface area contributed by atoms with Gasteiger partial charge in [-0.25, -0.2) is 0 Å². The minimum absolute atomic E-state index is 0.295. The molecular weight excluding hydrogens is 238 g/mol. The van der Waals surface area contributed by atoms with E-state index >= 15 is 0 Å². The fourth-order valence-electron chi connectivity index (χ4n) is 1.83. The molecule has 1 unspecified atom stereocenters. The number of hydrogen-bond donors (Lipinski definition) is 1. The summed E-state index contributed by atoms with van der Waals surface area (Å²) in [5, 5.41) is 0. The van der Waals surface area contributed by atoms with Crippen molar-refractivity contribution in [2.75, 3.05) is 5.75 Å². The van der Waals surface area contributed by atoms with Crippen molar-refractivity contribution < 1.29 is 0 Å². The number of hydrogen-bond acceptors (Lipinski definition) is 2. The Kier molecular flexibility index (Phi) is 6.80. The Morgan fingerprint density at radius 3 is 2.56 bits per heavy atom. The Morgan fingerprint density at radius 2 is 2.00 bits per heavy atom. The van der Waals surface area contributed by atoms with Crippen LogP contribution in [0.2, 0.25) is 0 Å². The molecule has 0 aliphatic rings. The molecule has 0 bridgehead atoms. The highest BCUT2D eigenvalue weighted by molar-refractivity contribution is 7.99. The number of thioether (sulfide) groups is 1. The second-order valence-corrected chi connectivity index (χ2v) is 6.66. The monoisotopic (exact) mass is 265 g/mol. The molecule has 0 saturated carbocycles. The second-order valence-electron chi connectivity index (χ2n) is 5.49. The first-order chi connectivity index (χ1) is 8.52. The minimum atomic E-state index is 0.295. The maximum Gasteiger partial charge on any atom is 0.00767 e. The van der Waals surface area contributed by atoms with Crippen LogP contribution in [0.3, 0.4) is 0 Å². The summed E-state index contributed by atoms with van der Waals surface area (Å²) >= 11 is 1.97. The van der Waals surface area contributed by atoms with Crippen LogP contribution in [0.1, 0.15) is 44.7 Å². The van der Waals surface area contributed by atoms with E-state index in [1.54, 1.807) is 0 Å². The van der Waals surface area contributed by atoms with E-state index in [-0.39, 0.29) is 0 Å². The summed E-state index contributed by atoms with van der Waals surface area (Å²) in [6.07, 6.45) is 3.33. The molecule has 18 heavy (non-hydrogen) atoms. The second kappa shape index (κ2) is 7.85. The lowest BCUT2D eigenvalue weighted by atomic mass is 10.0. The Labute approximate surface area is 117 Å². The highest BCUT2D eigenvalue weighted by Gasteiger charge is 2.05. The molecule has 1 rings (SSSR count). The van der Waals surface area contributed by atoms with Gasteiger partial charge in [0.15, 0.2) is 0 Å². The molecular formula is C16H27NS. The molecule has 0 fully saturated rings. The van der Waals surface area contributed by atoms with E-state index in [0.29, 0.717) is 6.04 Å². The van der Waals surface area contributed by atoms with Crippen molar-refractivity contribution in [3.05, 3.63) is 29.3 Å². The summed E-state index contributed by atoms with van der Waals surface area (Å²) < 4.78 is 0. The average Bonchev–Trinajstić information content (AvgIpc) is 2.32. The predicted molar refractivity (Wildman–Crippen MR) is 83.3 cm³/mol. The van der Waals surface area contributed by atoms with Crippen molar-refractivity contribution in [3.8, 4) is 0 Å². The third-order valence-electron chi connectivity index (χ3n) is 3.28. The molecule has 1 nitrogen and oxygen atoms in total. The van der Waals surface area contributed by atoms with Crippen LogP contribution in [-0.4, -0.2) is 11.8 Å². The zero-order valence-electron chi connectivity index (χ0n) is 12.2. The first kappa shape index (κ1) is 15.6.